The molecule has 0 aliphatic rings. The van der Waals surface area contributed by atoms with Gasteiger partial charge in [0, 0.05) is 18.0 Å². The Morgan fingerprint density at radius 3 is 2.86 bits per heavy atom. The summed E-state index contributed by atoms with van der Waals surface area (Å²) in [5, 5.41) is 4.32. The molecule has 0 unspecified atom stereocenters. The molecule has 0 aliphatic carbocycles. The first-order valence-corrected chi connectivity index (χ1v) is 6.88. The van der Waals surface area contributed by atoms with Crippen LogP contribution in [0.2, 0.25) is 0 Å². The van der Waals surface area contributed by atoms with Crippen LogP contribution in [0.3, 0.4) is 0 Å². The number of aryl methyl sites for hydroxylation is 1. The normalized spacial score (nSPS) is 10.9. The van der Waals surface area contributed by atoms with Gasteiger partial charge >= 0.3 is 5.97 Å². The zero-order valence-electron chi connectivity index (χ0n) is 12.2. The van der Waals surface area contributed by atoms with Gasteiger partial charge in [0.15, 0.2) is 5.65 Å². The molecule has 0 fully saturated rings. The fraction of sp³-hybridized carbons (Fsp3) is 0.188. The van der Waals surface area contributed by atoms with E-state index in [0.717, 1.165) is 5.56 Å². The number of hydrogen-bond acceptors (Lipinski definition) is 4. The van der Waals surface area contributed by atoms with E-state index in [1.807, 2.05) is 6.92 Å². The minimum absolute atomic E-state index is 0.173. The number of ether oxygens (including phenoxy) is 1. The van der Waals surface area contributed by atoms with Crippen molar-refractivity contribution in [2.24, 2.45) is 0 Å². The van der Waals surface area contributed by atoms with E-state index in [1.54, 1.807) is 37.5 Å². The molecule has 3 rings (SSSR count). The van der Waals surface area contributed by atoms with Crippen molar-refractivity contribution in [2.75, 3.05) is 6.61 Å². The first-order chi connectivity index (χ1) is 10.6. The smallest absolute Gasteiger partial charge is 0.344 e. The summed E-state index contributed by atoms with van der Waals surface area (Å²) in [6.45, 7) is 3.80. The van der Waals surface area contributed by atoms with Crippen LogP contribution in [0.5, 0.6) is 0 Å². The molecule has 0 bridgehead atoms. The van der Waals surface area contributed by atoms with Crippen molar-refractivity contribution in [2.45, 2.75) is 13.8 Å². The summed E-state index contributed by atoms with van der Waals surface area (Å²) in [5.74, 6) is -1.01. The number of benzene rings is 1. The number of aromatic nitrogens is 3. The van der Waals surface area contributed by atoms with Crippen molar-refractivity contribution >= 4 is 11.6 Å². The average Bonchev–Trinajstić information content (AvgIpc) is 2.86. The highest BCUT2D eigenvalue weighted by molar-refractivity contribution is 6.02. The van der Waals surface area contributed by atoms with Gasteiger partial charge in [0.05, 0.1) is 6.61 Å². The van der Waals surface area contributed by atoms with Crippen LogP contribution in [-0.2, 0) is 4.74 Å². The first kappa shape index (κ1) is 14.2. The maximum Gasteiger partial charge on any atom is 0.344 e. The number of rotatable bonds is 3. The van der Waals surface area contributed by atoms with Crippen molar-refractivity contribution in [1.82, 2.24) is 14.6 Å². The molecule has 0 atom stereocenters. The maximum absolute atomic E-state index is 14.1. The summed E-state index contributed by atoms with van der Waals surface area (Å²) in [6.07, 6.45) is 3.36. The molecule has 0 spiro atoms. The van der Waals surface area contributed by atoms with Crippen molar-refractivity contribution in [3.8, 4) is 11.3 Å². The van der Waals surface area contributed by atoms with Crippen LogP contribution in [0.4, 0.5) is 4.39 Å². The molecular formula is C16H14FN3O2. The SMILES string of the molecule is CCOC(=O)c1c(-c2ccccc2F)nn2cc(C)cnc12. The van der Waals surface area contributed by atoms with E-state index in [4.69, 9.17) is 4.74 Å². The molecule has 5 nitrogen and oxygen atoms in total. The fourth-order valence-electron chi connectivity index (χ4n) is 2.26. The van der Waals surface area contributed by atoms with Crippen LogP contribution >= 0.6 is 0 Å². The second-order valence-electron chi connectivity index (χ2n) is 4.82. The second kappa shape index (κ2) is 5.55. The molecule has 0 saturated carbocycles. The fourth-order valence-corrected chi connectivity index (χ4v) is 2.26. The van der Waals surface area contributed by atoms with Crippen molar-refractivity contribution in [3.63, 3.8) is 0 Å². The number of carbonyl (C=O) groups excluding carboxylic acids is 1. The highest BCUT2D eigenvalue weighted by Crippen LogP contribution is 2.28. The Kier molecular flexibility index (Phi) is 3.58. The van der Waals surface area contributed by atoms with Gasteiger partial charge in [-0.25, -0.2) is 18.7 Å². The average molecular weight is 299 g/mol. The Balaban J connectivity index is 2.31. The molecule has 0 saturated heterocycles. The Morgan fingerprint density at radius 1 is 1.36 bits per heavy atom. The van der Waals surface area contributed by atoms with Crippen molar-refractivity contribution < 1.29 is 13.9 Å². The molecule has 3 aromatic rings. The minimum Gasteiger partial charge on any atom is -0.462 e. The van der Waals surface area contributed by atoms with E-state index in [9.17, 15) is 9.18 Å². The van der Waals surface area contributed by atoms with Crippen LogP contribution in [0.25, 0.3) is 16.9 Å². The Labute approximate surface area is 126 Å². The van der Waals surface area contributed by atoms with Gasteiger partial charge in [0.1, 0.15) is 17.1 Å². The zero-order chi connectivity index (χ0) is 15.7. The van der Waals surface area contributed by atoms with Gasteiger partial charge in [0.25, 0.3) is 0 Å². The lowest BCUT2D eigenvalue weighted by Crippen LogP contribution is -2.06. The number of fused-ring (bicyclic) bond motifs is 1. The van der Waals surface area contributed by atoms with Crippen LogP contribution in [0.15, 0.2) is 36.7 Å². The molecule has 6 heteroatoms. The minimum atomic E-state index is -0.563. The zero-order valence-corrected chi connectivity index (χ0v) is 12.2. The highest BCUT2D eigenvalue weighted by Gasteiger charge is 2.24. The predicted octanol–water partition coefficient (Wildman–Crippen LogP) is 3.02. The number of carbonyl (C=O) groups is 1. The lowest BCUT2D eigenvalue weighted by Gasteiger charge is -2.03. The molecular weight excluding hydrogens is 285 g/mol. The summed E-state index contributed by atoms with van der Waals surface area (Å²) in [4.78, 5) is 16.5. The summed E-state index contributed by atoms with van der Waals surface area (Å²) in [7, 11) is 0. The summed E-state index contributed by atoms with van der Waals surface area (Å²) < 4.78 is 20.6. The molecule has 0 radical (unpaired) electrons. The van der Waals surface area contributed by atoms with Crippen LogP contribution in [-0.4, -0.2) is 27.2 Å². The summed E-state index contributed by atoms with van der Waals surface area (Å²) in [6, 6.07) is 6.18. The standard InChI is InChI=1S/C16H14FN3O2/c1-3-22-16(21)13-14(11-6-4-5-7-12(11)17)19-20-9-10(2)8-18-15(13)20/h4-9H,3H2,1-2H3. The highest BCUT2D eigenvalue weighted by atomic mass is 19.1. The van der Waals surface area contributed by atoms with Gasteiger partial charge in [-0.3, -0.25) is 0 Å². The molecule has 112 valence electrons. The number of nitrogens with zero attached hydrogens (tertiary/aromatic N) is 3. The molecule has 1 aromatic carbocycles. The largest absolute Gasteiger partial charge is 0.462 e. The van der Waals surface area contributed by atoms with Gasteiger partial charge < -0.3 is 4.74 Å². The van der Waals surface area contributed by atoms with Gasteiger partial charge in [-0.2, -0.15) is 5.10 Å². The molecule has 2 heterocycles. The topological polar surface area (TPSA) is 56.5 Å². The van der Waals surface area contributed by atoms with E-state index in [0.29, 0.717) is 5.65 Å². The quantitative estimate of drug-likeness (QED) is 0.698. The van der Waals surface area contributed by atoms with E-state index >= 15 is 0 Å². The summed E-state index contributed by atoms with van der Waals surface area (Å²) in [5.41, 5.74) is 1.88. The molecule has 0 amide bonds. The first-order valence-electron chi connectivity index (χ1n) is 6.88. The Bertz CT molecular complexity index is 858. The molecule has 22 heavy (non-hydrogen) atoms. The van der Waals surface area contributed by atoms with E-state index < -0.39 is 11.8 Å². The van der Waals surface area contributed by atoms with Gasteiger partial charge in [0.2, 0.25) is 0 Å². The van der Waals surface area contributed by atoms with Gasteiger partial charge in [-0.1, -0.05) is 12.1 Å². The second-order valence-corrected chi connectivity index (χ2v) is 4.82. The molecule has 2 aromatic heterocycles. The van der Waals surface area contributed by atoms with E-state index in [-0.39, 0.29) is 23.4 Å². The van der Waals surface area contributed by atoms with Gasteiger partial charge in [-0.15, -0.1) is 0 Å². The molecule has 0 aliphatic heterocycles. The monoisotopic (exact) mass is 299 g/mol. The number of esters is 1. The Morgan fingerprint density at radius 2 is 2.14 bits per heavy atom. The third-order valence-electron chi connectivity index (χ3n) is 3.21. The number of hydrogen-bond donors (Lipinski definition) is 0. The van der Waals surface area contributed by atoms with Crippen LogP contribution in [0, 0.1) is 12.7 Å². The van der Waals surface area contributed by atoms with Crippen LogP contribution in [0.1, 0.15) is 22.8 Å². The van der Waals surface area contributed by atoms with Crippen molar-refractivity contribution in [1.29, 1.82) is 0 Å². The molecule has 0 N–H and O–H groups in total. The maximum atomic E-state index is 14.1. The number of halogens is 1. The van der Waals surface area contributed by atoms with E-state index in [2.05, 4.69) is 10.1 Å². The van der Waals surface area contributed by atoms with Gasteiger partial charge in [-0.05, 0) is 31.5 Å². The van der Waals surface area contributed by atoms with Crippen LogP contribution < -0.4 is 0 Å². The predicted molar refractivity (Wildman–Crippen MR) is 79.1 cm³/mol. The lowest BCUT2D eigenvalue weighted by molar-refractivity contribution is 0.0529. The summed E-state index contributed by atoms with van der Waals surface area (Å²) >= 11 is 0. The third-order valence-corrected chi connectivity index (χ3v) is 3.21. The van der Waals surface area contributed by atoms with Crippen molar-refractivity contribution in [3.05, 3.63) is 53.6 Å². The lowest BCUT2D eigenvalue weighted by atomic mass is 10.1. The van der Waals surface area contributed by atoms with E-state index in [1.165, 1.54) is 10.6 Å². The third kappa shape index (κ3) is 2.32. The Hall–Kier alpha value is -2.76.